The largest absolute Gasteiger partial charge is 0.515 e. The van der Waals surface area contributed by atoms with Gasteiger partial charge < -0.3 is 19.7 Å². The van der Waals surface area contributed by atoms with Crippen molar-refractivity contribution in [2.24, 2.45) is 0 Å². The molecule has 0 heterocycles. The highest BCUT2D eigenvalue weighted by molar-refractivity contribution is 5.87. The summed E-state index contributed by atoms with van der Waals surface area (Å²) in [6.45, 7) is 9.75. The van der Waals surface area contributed by atoms with Crippen LogP contribution in [0.1, 0.15) is 65.7 Å². The summed E-state index contributed by atoms with van der Waals surface area (Å²) in [6, 6.07) is 0. The van der Waals surface area contributed by atoms with Crippen molar-refractivity contribution in [1.82, 2.24) is 0 Å². The van der Waals surface area contributed by atoms with Crippen molar-refractivity contribution in [3.8, 4) is 0 Å². The van der Waals surface area contributed by atoms with Crippen molar-refractivity contribution in [2.75, 3.05) is 13.2 Å². The standard InChI is InChI=1S/C11H20O3.C7H12O3/c1-3-5-6-7-8-14-11(13)10(4-2)9-12;1-3-4-5-10-7(9)6(2)8/h9,12H,3-8H2,1-2H3;8H,2-5H2,1H3. The predicted octanol–water partition coefficient (Wildman–Crippen LogP) is 4.36. The number of aliphatic hydroxyl groups is 2. The second-order valence-electron chi connectivity index (χ2n) is 5.14. The van der Waals surface area contributed by atoms with Crippen LogP contribution in [0.4, 0.5) is 0 Å². The van der Waals surface area contributed by atoms with E-state index in [4.69, 9.17) is 14.9 Å². The monoisotopic (exact) mass is 344 g/mol. The van der Waals surface area contributed by atoms with E-state index in [1.807, 2.05) is 6.92 Å². The minimum atomic E-state index is -0.728. The van der Waals surface area contributed by atoms with Gasteiger partial charge in [-0.2, -0.15) is 0 Å². The number of carbonyl (C=O) groups is 2. The van der Waals surface area contributed by atoms with Crippen LogP contribution < -0.4 is 0 Å². The molecule has 0 bridgehead atoms. The van der Waals surface area contributed by atoms with Crippen molar-refractivity contribution >= 4 is 11.9 Å². The minimum absolute atomic E-state index is 0.334. The fraction of sp³-hybridized carbons (Fsp3) is 0.667. The molecule has 0 saturated heterocycles. The molecule has 0 unspecified atom stereocenters. The molecular weight excluding hydrogens is 312 g/mol. The van der Waals surface area contributed by atoms with Crippen LogP contribution in [0, 0.1) is 0 Å². The Morgan fingerprint density at radius 2 is 1.46 bits per heavy atom. The molecule has 6 nitrogen and oxygen atoms in total. The molecule has 0 fully saturated rings. The average Bonchev–Trinajstić information content (AvgIpc) is 2.56. The van der Waals surface area contributed by atoms with Crippen molar-refractivity contribution in [3.63, 3.8) is 0 Å². The molecule has 0 aromatic carbocycles. The Bertz CT molecular complexity index is 387. The maximum atomic E-state index is 11.2. The van der Waals surface area contributed by atoms with E-state index in [1.54, 1.807) is 6.92 Å². The predicted molar refractivity (Wildman–Crippen MR) is 93.7 cm³/mol. The number of unbranched alkanes of at least 4 members (excludes halogenated alkanes) is 4. The fourth-order valence-corrected chi connectivity index (χ4v) is 1.47. The van der Waals surface area contributed by atoms with Gasteiger partial charge in [-0.15, -0.1) is 0 Å². The Balaban J connectivity index is 0. The van der Waals surface area contributed by atoms with Gasteiger partial charge in [0.05, 0.1) is 25.0 Å². The van der Waals surface area contributed by atoms with Crippen LogP contribution in [0.2, 0.25) is 0 Å². The van der Waals surface area contributed by atoms with Gasteiger partial charge in [0.2, 0.25) is 0 Å². The van der Waals surface area contributed by atoms with E-state index in [0.29, 0.717) is 25.2 Å². The van der Waals surface area contributed by atoms with Gasteiger partial charge in [0.1, 0.15) is 0 Å². The molecule has 0 aliphatic heterocycles. The molecule has 0 rings (SSSR count). The topological polar surface area (TPSA) is 93.1 Å². The third-order valence-corrected chi connectivity index (χ3v) is 3.00. The van der Waals surface area contributed by atoms with E-state index in [-0.39, 0.29) is 0 Å². The van der Waals surface area contributed by atoms with E-state index in [0.717, 1.165) is 31.9 Å². The maximum Gasteiger partial charge on any atom is 0.372 e. The van der Waals surface area contributed by atoms with Crippen molar-refractivity contribution in [1.29, 1.82) is 0 Å². The number of aliphatic hydroxyl groups excluding tert-OH is 2. The summed E-state index contributed by atoms with van der Waals surface area (Å²) in [5.74, 6) is -1.66. The Kier molecular flexibility index (Phi) is 17.6. The smallest absolute Gasteiger partial charge is 0.372 e. The number of hydrogen-bond donors (Lipinski definition) is 2. The van der Waals surface area contributed by atoms with E-state index < -0.39 is 17.7 Å². The lowest BCUT2D eigenvalue weighted by atomic mass is 10.2. The number of rotatable bonds is 11. The highest BCUT2D eigenvalue weighted by Crippen LogP contribution is 2.04. The van der Waals surface area contributed by atoms with Crippen LogP contribution in [0.25, 0.3) is 0 Å². The highest BCUT2D eigenvalue weighted by Gasteiger charge is 2.08. The van der Waals surface area contributed by atoms with Crippen LogP contribution in [-0.4, -0.2) is 35.4 Å². The summed E-state index contributed by atoms with van der Waals surface area (Å²) in [6.07, 6.45) is 7.46. The molecule has 0 aromatic rings. The first kappa shape index (κ1) is 24.3. The number of esters is 2. The lowest BCUT2D eigenvalue weighted by Crippen LogP contribution is -2.08. The number of ether oxygens (including phenoxy) is 2. The molecule has 24 heavy (non-hydrogen) atoms. The third-order valence-electron chi connectivity index (χ3n) is 3.00. The number of hydrogen-bond acceptors (Lipinski definition) is 6. The van der Waals surface area contributed by atoms with Gasteiger partial charge in [-0.05, 0) is 25.8 Å². The van der Waals surface area contributed by atoms with Crippen molar-refractivity contribution in [2.45, 2.75) is 65.7 Å². The zero-order valence-electron chi connectivity index (χ0n) is 15.2. The molecule has 0 saturated carbocycles. The summed E-state index contributed by atoms with van der Waals surface area (Å²) in [7, 11) is 0. The number of carbonyl (C=O) groups excluding carboxylic acids is 2. The summed E-state index contributed by atoms with van der Waals surface area (Å²) in [5, 5.41) is 17.1. The van der Waals surface area contributed by atoms with Crippen molar-refractivity contribution < 1.29 is 29.3 Å². The first-order chi connectivity index (χ1) is 11.4. The Hall–Kier alpha value is -1.98. The summed E-state index contributed by atoms with van der Waals surface area (Å²) >= 11 is 0. The molecule has 140 valence electrons. The molecule has 0 spiro atoms. The molecule has 0 atom stereocenters. The third kappa shape index (κ3) is 14.9. The molecule has 6 heteroatoms. The summed E-state index contributed by atoms with van der Waals surface area (Å²) < 4.78 is 9.52. The van der Waals surface area contributed by atoms with Gasteiger partial charge in [-0.3, -0.25) is 0 Å². The molecule has 0 aromatic heterocycles. The van der Waals surface area contributed by atoms with Gasteiger partial charge >= 0.3 is 11.9 Å². The first-order valence-corrected chi connectivity index (χ1v) is 8.49. The minimum Gasteiger partial charge on any atom is -0.515 e. The van der Waals surface area contributed by atoms with Gasteiger partial charge in [-0.1, -0.05) is 46.5 Å². The second-order valence-corrected chi connectivity index (χ2v) is 5.14. The Morgan fingerprint density at radius 1 is 0.917 bits per heavy atom. The van der Waals surface area contributed by atoms with E-state index in [1.165, 1.54) is 12.8 Å². The van der Waals surface area contributed by atoms with Crippen LogP contribution in [0.5, 0.6) is 0 Å². The maximum absolute atomic E-state index is 11.2. The normalized spacial score (nSPS) is 10.4. The lowest BCUT2D eigenvalue weighted by molar-refractivity contribution is -0.142. The van der Waals surface area contributed by atoms with Crippen LogP contribution in [0.3, 0.4) is 0 Å². The average molecular weight is 344 g/mol. The zero-order valence-corrected chi connectivity index (χ0v) is 15.2. The van der Waals surface area contributed by atoms with Crippen LogP contribution >= 0.6 is 0 Å². The Morgan fingerprint density at radius 3 is 1.92 bits per heavy atom. The fourth-order valence-electron chi connectivity index (χ4n) is 1.47. The Labute approximate surface area is 145 Å². The lowest BCUT2D eigenvalue weighted by Gasteiger charge is -2.04. The summed E-state index contributed by atoms with van der Waals surface area (Å²) in [5.41, 5.74) is 0.334. The molecule has 0 aliphatic rings. The molecule has 0 amide bonds. The highest BCUT2D eigenvalue weighted by atomic mass is 16.5. The van der Waals surface area contributed by atoms with E-state index in [9.17, 15) is 9.59 Å². The van der Waals surface area contributed by atoms with E-state index in [2.05, 4.69) is 18.2 Å². The van der Waals surface area contributed by atoms with Gasteiger partial charge in [0.25, 0.3) is 0 Å². The summed E-state index contributed by atoms with van der Waals surface area (Å²) in [4.78, 5) is 21.6. The zero-order chi connectivity index (χ0) is 18.8. The van der Waals surface area contributed by atoms with Gasteiger partial charge in [0.15, 0.2) is 5.76 Å². The molecular formula is C18H32O6. The van der Waals surface area contributed by atoms with Gasteiger partial charge in [-0.25, -0.2) is 9.59 Å². The molecule has 0 radical (unpaired) electrons. The van der Waals surface area contributed by atoms with Crippen molar-refractivity contribution in [3.05, 3.63) is 24.2 Å². The van der Waals surface area contributed by atoms with E-state index >= 15 is 0 Å². The SMILES string of the molecule is C=C(O)C(=O)OCCCC.CCCCCCOC(=O)C(=CO)CC. The molecule has 0 aliphatic carbocycles. The van der Waals surface area contributed by atoms with Gasteiger partial charge in [0, 0.05) is 0 Å². The first-order valence-electron chi connectivity index (χ1n) is 8.49. The van der Waals surface area contributed by atoms with Crippen LogP contribution in [-0.2, 0) is 19.1 Å². The van der Waals surface area contributed by atoms with Crippen LogP contribution in [0.15, 0.2) is 24.2 Å². The quantitative estimate of drug-likeness (QED) is 0.250. The molecule has 2 N–H and O–H groups in total. The second kappa shape index (κ2) is 17.4.